The Bertz CT molecular complexity index is 576. The van der Waals surface area contributed by atoms with Gasteiger partial charge in [-0.15, -0.1) is 0 Å². The summed E-state index contributed by atoms with van der Waals surface area (Å²) in [5.74, 6) is 0. The Morgan fingerprint density at radius 3 is 2.55 bits per heavy atom. The van der Waals surface area contributed by atoms with Gasteiger partial charge in [0, 0.05) is 6.07 Å². The molecule has 8 nitrogen and oxygen atoms in total. The number of benzene rings is 1. The Hall–Kier alpha value is -2.22. The number of fused-ring (bicyclic) bond motifs is 2. The second-order valence-corrected chi connectivity index (χ2v) is 5.08. The molecule has 0 amide bonds. The van der Waals surface area contributed by atoms with Gasteiger partial charge in [-0.3, -0.25) is 20.2 Å². The first kappa shape index (κ1) is 12.8. The number of nitro groups is 2. The van der Waals surface area contributed by atoms with Crippen LogP contribution in [0.15, 0.2) is 18.2 Å². The normalized spacial score (nSPS) is 27.5. The summed E-state index contributed by atoms with van der Waals surface area (Å²) < 4.78 is 5.68. The third kappa shape index (κ3) is 2.18. The number of nitro benzene ring substituents is 2. The van der Waals surface area contributed by atoms with Crippen molar-refractivity contribution in [1.29, 1.82) is 0 Å². The van der Waals surface area contributed by atoms with Crippen molar-refractivity contribution < 1.29 is 14.6 Å². The number of hydrogen-bond acceptors (Lipinski definition) is 6. The van der Waals surface area contributed by atoms with Crippen LogP contribution in [-0.4, -0.2) is 28.1 Å². The van der Waals surface area contributed by atoms with Gasteiger partial charge in [0.2, 0.25) is 0 Å². The molecule has 2 saturated heterocycles. The highest BCUT2D eigenvalue weighted by Crippen LogP contribution is 2.38. The number of hydrogen-bond donors (Lipinski definition) is 1. The lowest BCUT2D eigenvalue weighted by molar-refractivity contribution is -0.393. The second-order valence-electron chi connectivity index (χ2n) is 5.08. The molecule has 1 aromatic carbocycles. The predicted octanol–water partition coefficient (Wildman–Crippen LogP) is 2.23. The molecule has 2 aliphatic rings. The van der Waals surface area contributed by atoms with Gasteiger partial charge in [-0.2, -0.15) is 0 Å². The molecule has 8 heteroatoms. The zero-order valence-electron chi connectivity index (χ0n) is 10.5. The first-order chi connectivity index (χ1) is 9.54. The van der Waals surface area contributed by atoms with Gasteiger partial charge < -0.3 is 10.1 Å². The first-order valence-electron chi connectivity index (χ1n) is 6.39. The molecule has 1 aromatic rings. The van der Waals surface area contributed by atoms with Crippen molar-refractivity contribution in [3.63, 3.8) is 0 Å². The molecular formula is C12H13N3O5. The molecule has 2 aliphatic heterocycles. The van der Waals surface area contributed by atoms with Gasteiger partial charge in [0.15, 0.2) is 0 Å². The van der Waals surface area contributed by atoms with Crippen molar-refractivity contribution in [2.75, 3.05) is 5.32 Å². The average Bonchev–Trinajstić information content (AvgIpc) is 3.01. The van der Waals surface area contributed by atoms with E-state index in [2.05, 4.69) is 5.32 Å². The lowest BCUT2D eigenvalue weighted by Gasteiger charge is -2.20. The molecule has 1 N–H and O–H groups in total. The van der Waals surface area contributed by atoms with Crippen LogP contribution in [0.3, 0.4) is 0 Å². The van der Waals surface area contributed by atoms with E-state index in [0.29, 0.717) is 5.69 Å². The predicted molar refractivity (Wildman–Crippen MR) is 69.7 cm³/mol. The van der Waals surface area contributed by atoms with Crippen molar-refractivity contribution in [2.24, 2.45) is 0 Å². The summed E-state index contributed by atoms with van der Waals surface area (Å²) in [6, 6.07) is 3.68. The number of nitrogens with one attached hydrogen (secondary N) is 1. The van der Waals surface area contributed by atoms with Crippen molar-refractivity contribution in [3.05, 3.63) is 38.4 Å². The van der Waals surface area contributed by atoms with Crippen LogP contribution in [0.2, 0.25) is 0 Å². The summed E-state index contributed by atoms with van der Waals surface area (Å²) >= 11 is 0. The molecule has 0 spiro atoms. The van der Waals surface area contributed by atoms with Crippen LogP contribution in [0, 0.1) is 20.2 Å². The summed E-state index contributed by atoms with van der Waals surface area (Å²) in [5.41, 5.74) is -0.254. The molecule has 0 saturated carbocycles. The summed E-state index contributed by atoms with van der Waals surface area (Å²) in [6.45, 7) is 0. The smallest absolute Gasteiger partial charge is 0.299 e. The van der Waals surface area contributed by atoms with E-state index in [1.54, 1.807) is 0 Å². The van der Waals surface area contributed by atoms with Crippen molar-refractivity contribution in [3.8, 4) is 0 Å². The highest BCUT2D eigenvalue weighted by atomic mass is 16.6. The van der Waals surface area contributed by atoms with Gasteiger partial charge in [0.25, 0.3) is 11.4 Å². The van der Waals surface area contributed by atoms with E-state index in [4.69, 9.17) is 4.74 Å². The van der Waals surface area contributed by atoms with Crippen LogP contribution in [0.4, 0.5) is 17.1 Å². The van der Waals surface area contributed by atoms with Gasteiger partial charge in [-0.25, -0.2) is 0 Å². The maximum atomic E-state index is 11.0. The first-order valence-corrected chi connectivity index (χ1v) is 6.39. The Kier molecular flexibility index (Phi) is 3.01. The van der Waals surface area contributed by atoms with Gasteiger partial charge in [-0.05, 0) is 25.3 Å². The van der Waals surface area contributed by atoms with Gasteiger partial charge in [-0.1, -0.05) is 0 Å². The monoisotopic (exact) mass is 279 g/mol. The van der Waals surface area contributed by atoms with Crippen LogP contribution in [-0.2, 0) is 4.74 Å². The molecule has 0 aliphatic carbocycles. The van der Waals surface area contributed by atoms with E-state index >= 15 is 0 Å². The molecule has 3 rings (SSSR count). The molecule has 3 unspecified atom stereocenters. The van der Waals surface area contributed by atoms with Gasteiger partial charge in [0.1, 0.15) is 5.69 Å². The Balaban J connectivity index is 1.85. The minimum absolute atomic E-state index is 0.0360. The lowest BCUT2D eigenvalue weighted by atomic mass is 9.95. The van der Waals surface area contributed by atoms with Crippen molar-refractivity contribution in [2.45, 2.75) is 37.5 Å². The van der Waals surface area contributed by atoms with Crippen LogP contribution >= 0.6 is 0 Å². The lowest BCUT2D eigenvalue weighted by Crippen LogP contribution is -2.30. The average molecular weight is 279 g/mol. The van der Waals surface area contributed by atoms with Crippen LogP contribution < -0.4 is 5.32 Å². The Morgan fingerprint density at radius 2 is 2.00 bits per heavy atom. The number of anilines is 1. The highest BCUT2D eigenvalue weighted by molar-refractivity contribution is 5.65. The third-order valence-electron chi connectivity index (χ3n) is 3.84. The Labute approximate surface area is 114 Å². The fourth-order valence-corrected chi connectivity index (χ4v) is 2.90. The fraction of sp³-hybridized carbons (Fsp3) is 0.500. The summed E-state index contributed by atoms with van der Waals surface area (Å²) in [7, 11) is 0. The molecule has 20 heavy (non-hydrogen) atoms. The molecule has 2 heterocycles. The molecule has 2 fully saturated rings. The second kappa shape index (κ2) is 4.71. The molecule has 106 valence electrons. The van der Waals surface area contributed by atoms with E-state index in [1.807, 2.05) is 0 Å². The fourth-order valence-electron chi connectivity index (χ4n) is 2.90. The molecule has 3 atom stereocenters. The topological polar surface area (TPSA) is 108 Å². The minimum atomic E-state index is -0.641. The van der Waals surface area contributed by atoms with E-state index in [1.165, 1.54) is 12.1 Å². The van der Waals surface area contributed by atoms with Crippen molar-refractivity contribution >= 4 is 17.1 Å². The summed E-state index contributed by atoms with van der Waals surface area (Å²) in [6.07, 6.45) is 3.11. The standard InChI is InChI=1S/C12H13N3O5/c16-14(17)7-1-3-9(11(5-7)15(18)19)13-10-6-8-2-4-12(10)20-8/h1,3,5,8,10,12-13H,2,4,6H2. The molecule has 0 radical (unpaired) electrons. The SMILES string of the molecule is O=[N+]([O-])c1ccc(NC2CC3CCC2O3)c([N+](=O)[O-])c1. The maximum Gasteiger partial charge on any atom is 0.299 e. The van der Waals surface area contributed by atoms with Crippen LogP contribution in [0.5, 0.6) is 0 Å². The molecule has 0 aromatic heterocycles. The quantitative estimate of drug-likeness (QED) is 0.668. The maximum absolute atomic E-state index is 11.0. The molecular weight excluding hydrogens is 266 g/mol. The minimum Gasteiger partial charge on any atom is -0.374 e. The van der Waals surface area contributed by atoms with E-state index in [9.17, 15) is 20.2 Å². The van der Waals surface area contributed by atoms with Crippen molar-refractivity contribution in [1.82, 2.24) is 0 Å². The third-order valence-corrected chi connectivity index (χ3v) is 3.84. The van der Waals surface area contributed by atoms with E-state index in [0.717, 1.165) is 25.3 Å². The van der Waals surface area contributed by atoms with Gasteiger partial charge in [0.05, 0.1) is 34.2 Å². The number of rotatable bonds is 4. The van der Waals surface area contributed by atoms with E-state index < -0.39 is 9.85 Å². The summed E-state index contributed by atoms with van der Waals surface area (Å²) in [4.78, 5) is 20.5. The Morgan fingerprint density at radius 1 is 1.20 bits per heavy atom. The van der Waals surface area contributed by atoms with Crippen LogP contribution in [0.25, 0.3) is 0 Å². The van der Waals surface area contributed by atoms with Crippen LogP contribution in [0.1, 0.15) is 19.3 Å². The number of nitrogens with zero attached hydrogens (tertiary/aromatic N) is 2. The highest BCUT2D eigenvalue weighted by Gasteiger charge is 2.41. The van der Waals surface area contributed by atoms with E-state index in [-0.39, 0.29) is 29.6 Å². The number of ether oxygens (including phenoxy) is 1. The zero-order chi connectivity index (χ0) is 14.3. The zero-order valence-corrected chi connectivity index (χ0v) is 10.5. The summed E-state index contributed by atoms with van der Waals surface area (Å²) in [5, 5.41) is 24.8. The van der Waals surface area contributed by atoms with Gasteiger partial charge >= 0.3 is 0 Å². The molecule has 2 bridgehead atoms. The largest absolute Gasteiger partial charge is 0.374 e. The number of non-ortho nitro benzene ring substituents is 1.